The van der Waals surface area contributed by atoms with E-state index in [0.29, 0.717) is 0 Å². The molecule has 0 fully saturated rings. The maximum absolute atomic E-state index is 12.2. The normalized spacial score (nSPS) is 28.1. The Morgan fingerprint density at radius 2 is 2.00 bits per heavy atom. The number of carbonyl (C=O) groups excluding carboxylic acids is 1. The number of benzene rings is 1. The Balaban J connectivity index is 2.84. The zero-order valence-corrected chi connectivity index (χ0v) is 9.35. The summed E-state index contributed by atoms with van der Waals surface area (Å²) in [4.78, 5) is 14.7. The van der Waals surface area contributed by atoms with Gasteiger partial charge in [0.05, 0.1) is 10.6 Å². The van der Waals surface area contributed by atoms with Crippen LogP contribution in [0, 0.1) is 0 Å². The van der Waals surface area contributed by atoms with Crippen LogP contribution in [0.5, 0.6) is 0 Å². The van der Waals surface area contributed by atoms with Crippen LogP contribution in [-0.2, 0) is 14.4 Å². The molecule has 2 N–H and O–H groups in total. The van der Waals surface area contributed by atoms with Crippen LogP contribution in [0.1, 0.15) is 6.92 Å². The molecular weight excluding hydrogens is 230 g/mol. The predicted molar refractivity (Wildman–Crippen MR) is 60.7 cm³/mol. The first-order valence-corrected chi connectivity index (χ1v) is 6.55. The standard InChI is InChI=1S/C10H11NO4S/c1-7-10(6-12)16(13,14,15)9-5-3-2-4-8(9)11-7/h2-6,10H,1H3,(H2,13,14,15). The van der Waals surface area contributed by atoms with Crippen molar-refractivity contribution in [1.82, 2.24) is 0 Å². The number of aldehydes is 1. The van der Waals surface area contributed by atoms with Crippen LogP contribution in [0.3, 0.4) is 0 Å². The van der Waals surface area contributed by atoms with Gasteiger partial charge in [0.1, 0.15) is 15.9 Å². The van der Waals surface area contributed by atoms with Crippen molar-refractivity contribution in [1.29, 1.82) is 0 Å². The summed E-state index contributed by atoms with van der Waals surface area (Å²) in [6.07, 6.45) is 0.254. The van der Waals surface area contributed by atoms with Gasteiger partial charge in [-0.05, 0) is 19.1 Å². The molecule has 1 atom stereocenters. The van der Waals surface area contributed by atoms with Gasteiger partial charge in [-0.3, -0.25) is 4.99 Å². The summed E-state index contributed by atoms with van der Waals surface area (Å²) in [6.45, 7) is 1.44. The molecule has 1 heterocycles. The van der Waals surface area contributed by atoms with Crippen molar-refractivity contribution in [3.8, 4) is 0 Å². The molecule has 6 heteroatoms. The lowest BCUT2D eigenvalue weighted by Crippen LogP contribution is -2.50. The van der Waals surface area contributed by atoms with E-state index in [1.807, 2.05) is 0 Å². The summed E-state index contributed by atoms with van der Waals surface area (Å²) in [5, 5.41) is -1.49. The van der Waals surface area contributed by atoms with Crippen molar-refractivity contribution in [3.63, 3.8) is 0 Å². The fourth-order valence-corrected chi connectivity index (χ4v) is 3.75. The zero-order valence-electron chi connectivity index (χ0n) is 8.53. The van der Waals surface area contributed by atoms with Gasteiger partial charge < -0.3 is 13.9 Å². The monoisotopic (exact) mass is 241 g/mol. The van der Waals surface area contributed by atoms with E-state index >= 15 is 0 Å². The molecule has 5 nitrogen and oxygen atoms in total. The molecule has 0 spiro atoms. The quantitative estimate of drug-likeness (QED) is 0.729. The van der Waals surface area contributed by atoms with Gasteiger partial charge in [0.25, 0.3) is 0 Å². The minimum Gasteiger partial charge on any atom is -0.303 e. The van der Waals surface area contributed by atoms with Crippen LogP contribution in [-0.4, -0.2) is 30.6 Å². The molecule has 1 aromatic carbocycles. The largest absolute Gasteiger partial charge is 0.303 e. The SMILES string of the molecule is CC1=Nc2ccccc2S(=O)(O)(O)C1C=O. The van der Waals surface area contributed by atoms with Crippen molar-refractivity contribution < 1.29 is 18.1 Å². The molecule has 0 amide bonds. The molecule has 0 saturated carbocycles. The second-order valence-electron chi connectivity index (χ2n) is 3.70. The Morgan fingerprint density at radius 3 is 2.62 bits per heavy atom. The van der Waals surface area contributed by atoms with Crippen LogP contribution in [0.25, 0.3) is 0 Å². The number of hydrogen-bond acceptors (Lipinski definition) is 3. The first-order chi connectivity index (χ1) is 7.35. The van der Waals surface area contributed by atoms with Gasteiger partial charge in [0.2, 0.25) is 0 Å². The Bertz CT molecular complexity index is 558. The molecule has 0 saturated heterocycles. The molecule has 0 aliphatic carbocycles. The fraction of sp³-hybridized carbons (Fsp3) is 0.200. The van der Waals surface area contributed by atoms with Crippen LogP contribution < -0.4 is 0 Å². The average Bonchev–Trinajstić information content (AvgIpc) is 2.16. The molecule has 1 aliphatic rings. The van der Waals surface area contributed by atoms with Crippen LogP contribution in [0.15, 0.2) is 34.2 Å². The maximum Gasteiger partial charge on any atom is 0.155 e. The van der Waals surface area contributed by atoms with E-state index in [1.165, 1.54) is 25.1 Å². The molecule has 0 bridgehead atoms. The lowest BCUT2D eigenvalue weighted by atomic mass is 10.2. The number of aliphatic imine (C=N–C) groups is 1. The number of nitrogens with zero attached hydrogens (tertiary/aromatic N) is 1. The number of fused-ring (bicyclic) bond motifs is 1. The van der Waals surface area contributed by atoms with Gasteiger partial charge in [-0.1, -0.05) is 12.1 Å². The second-order valence-corrected chi connectivity index (χ2v) is 6.49. The molecule has 86 valence electrons. The van der Waals surface area contributed by atoms with Gasteiger partial charge in [0, 0.05) is 5.71 Å². The third-order valence-corrected chi connectivity index (χ3v) is 5.11. The van der Waals surface area contributed by atoms with Crippen LogP contribution in [0.2, 0.25) is 0 Å². The maximum atomic E-state index is 12.2. The van der Waals surface area contributed by atoms with Gasteiger partial charge in [-0.15, -0.1) is 0 Å². The Morgan fingerprint density at radius 1 is 1.38 bits per heavy atom. The fourth-order valence-electron chi connectivity index (χ4n) is 1.77. The highest BCUT2D eigenvalue weighted by Crippen LogP contribution is 2.43. The Hall–Kier alpha value is -1.37. The van der Waals surface area contributed by atoms with E-state index in [1.54, 1.807) is 6.07 Å². The van der Waals surface area contributed by atoms with Crippen molar-refractivity contribution >= 4 is 27.3 Å². The molecule has 16 heavy (non-hydrogen) atoms. The van der Waals surface area contributed by atoms with E-state index in [9.17, 15) is 18.1 Å². The summed E-state index contributed by atoms with van der Waals surface area (Å²) in [7, 11) is -5.16. The lowest BCUT2D eigenvalue weighted by Gasteiger charge is -2.39. The van der Waals surface area contributed by atoms with Crippen LogP contribution >= 0.6 is 0 Å². The lowest BCUT2D eigenvalue weighted by molar-refractivity contribution is -0.106. The van der Waals surface area contributed by atoms with E-state index < -0.39 is 14.9 Å². The highest BCUT2D eigenvalue weighted by Gasteiger charge is 2.48. The molecule has 1 unspecified atom stereocenters. The highest BCUT2D eigenvalue weighted by atomic mass is 32.3. The van der Waals surface area contributed by atoms with Gasteiger partial charge in [-0.2, -0.15) is 0 Å². The molecule has 0 radical (unpaired) electrons. The minimum atomic E-state index is -5.16. The topological polar surface area (TPSA) is 87.0 Å². The summed E-state index contributed by atoms with van der Waals surface area (Å²) in [5.74, 6) is 0. The van der Waals surface area contributed by atoms with Crippen molar-refractivity contribution in [3.05, 3.63) is 24.3 Å². The van der Waals surface area contributed by atoms with Gasteiger partial charge in [-0.25, -0.2) is 4.21 Å². The summed E-state index contributed by atoms with van der Waals surface area (Å²) in [5.41, 5.74) is 0.357. The highest BCUT2D eigenvalue weighted by molar-refractivity contribution is 8.12. The first-order valence-electron chi connectivity index (χ1n) is 4.60. The van der Waals surface area contributed by atoms with Crippen molar-refractivity contribution in [2.24, 2.45) is 4.99 Å². The van der Waals surface area contributed by atoms with Crippen molar-refractivity contribution in [2.45, 2.75) is 17.1 Å². The van der Waals surface area contributed by atoms with E-state index in [4.69, 9.17) is 0 Å². The third kappa shape index (κ3) is 1.35. The van der Waals surface area contributed by atoms with E-state index in [-0.39, 0.29) is 22.6 Å². The zero-order chi connectivity index (χ0) is 12.0. The number of hydrogen-bond donors (Lipinski definition) is 2. The van der Waals surface area contributed by atoms with E-state index in [0.717, 1.165) is 0 Å². The second kappa shape index (κ2) is 3.07. The Labute approximate surface area is 92.3 Å². The average molecular weight is 241 g/mol. The van der Waals surface area contributed by atoms with Crippen LogP contribution in [0.4, 0.5) is 5.69 Å². The molecule has 0 aromatic heterocycles. The predicted octanol–water partition coefficient (Wildman–Crippen LogP) is 1.49. The molecule has 1 aliphatic heterocycles. The van der Waals surface area contributed by atoms with Gasteiger partial charge in [0.15, 0.2) is 5.25 Å². The summed E-state index contributed by atoms with van der Waals surface area (Å²) in [6, 6.07) is 5.97. The molecular formula is C10H11NO4S. The smallest absolute Gasteiger partial charge is 0.155 e. The number of para-hydroxylation sites is 1. The van der Waals surface area contributed by atoms with Crippen molar-refractivity contribution in [2.75, 3.05) is 0 Å². The Kier molecular flexibility index (Phi) is 2.13. The summed E-state index contributed by atoms with van der Waals surface area (Å²) >= 11 is 0. The summed E-state index contributed by atoms with van der Waals surface area (Å²) < 4.78 is 32.0. The molecule has 2 rings (SSSR count). The molecule has 1 aromatic rings. The van der Waals surface area contributed by atoms with Gasteiger partial charge >= 0.3 is 0 Å². The number of rotatable bonds is 1. The minimum absolute atomic E-state index is 0.135. The third-order valence-electron chi connectivity index (χ3n) is 2.57. The number of carbonyl (C=O) groups is 1. The van der Waals surface area contributed by atoms with E-state index in [2.05, 4.69) is 4.99 Å². The first kappa shape index (κ1) is 11.1.